The second-order valence-corrected chi connectivity index (χ2v) is 9.30. The lowest BCUT2D eigenvalue weighted by atomic mass is 9.81. The van der Waals surface area contributed by atoms with Crippen LogP contribution in [0.1, 0.15) is 42.5 Å². The number of halogens is 2. The molecule has 2 unspecified atom stereocenters. The fraction of sp³-hybridized carbons (Fsp3) is 0.417. The molecule has 2 aromatic carbocycles. The van der Waals surface area contributed by atoms with Crippen LogP contribution in [0.4, 0.5) is 5.69 Å². The first kappa shape index (κ1) is 22.9. The Bertz CT molecular complexity index is 986. The van der Waals surface area contributed by atoms with Crippen LogP contribution < -0.4 is 15.4 Å². The summed E-state index contributed by atoms with van der Waals surface area (Å²) in [6.45, 7) is 0.310. The van der Waals surface area contributed by atoms with Gasteiger partial charge in [0.15, 0.2) is 0 Å². The quantitative estimate of drug-likeness (QED) is 0.631. The molecule has 0 aliphatic carbocycles. The first-order chi connectivity index (χ1) is 15.4. The van der Waals surface area contributed by atoms with Crippen molar-refractivity contribution in [2.24, 2.45) is 0 Å². The van der Waals surface area contributed by atoms with Gasteiger partial charge in [0.25, 0.3) is 5.91 Å². The zero-order valence-corrected chi connectivity index (χ0v) is 19.5. The maximum atomic E-state index is 12.8. The third kappa shape index (κ3) is 5.37. The van der Waals surface area contributed by atoms with E-state index in [2.05, 4.69) is 15.5 Å². The molecule has 6 nitrogen and oxygen atoms in total. The summed E-state index contributed by atoms with van der Waals surface area (Å²) in [5.41, 5.74) is 1.16. The van der Waals surface area contributed by atoms with E-state index in [9.17, 15) is 9.59 Å². The Kier molecular flexibility index (Phi) is 7.23. The average molecular weight is 476 g/mol. The number of nitrogens with zero attached hydrogens (tertiary/aromatic N) is 1. The summed E-state index contributed by atoms with van der Waals surface area (Å²) in [7, 11) is 1.59. The van der Waals surface area contributed by atoms with Crippen molar-refractivity contribution in [3.05, 3.63) is 58.1 Å². The average Bonchev–Trinajstić information content (AvgIpc) is 2.76. The molecule has 4 rings (SSSR count). The third-order valence-electron chi connectivity index (χ3n) is 6.32. The number of carbonyl (C=O) groups excluding carboxylic acids is 2. The van der Waals surface area contributed by atoms with Gasteiger partial charge in [-0.15, -0.1) is 0 Å². The lowest BCUT2D eigenvalue weighted by Gasteiger charge is -2.48. The number of fused-ring (bicyclic) bond motifs is 2. The van der Waals surface area contributed by atoms with Crippen LogP contribution in [-0.4, -0.2) is 48.5 Å². The number of nitrogens with one attached hydrogen (secondary N) is 2. The van der Waals surface area contributed by atoms with Crippen LogP contribution in [0.15, 0.2) is 42.5 Å². The lowest BCUT2D eigenvalue weighted by molar-refractivity contribution is -0.120. The van der Waals surface area contributed by atoms with Crippen molar-refractivity contribution in [3.8, 4) is 5.75 Å². The van der Waals surface area contributed by atoms with E-state index in [1.165, 1.54) is 0 Å². The number of anilines is 1. The molecule has 2 heterocycles. The molecule has 0 saturated carbocycles. The summed E-state index contributed by atoms with van der Waals surface area (Å²) in [6.07, 6.45) is 4.86. The van der Waals surface area contributed by atoms with E-state index in [0.717, 1.165) is 32.1 Å². The SMILES string of the molecule is COc1cccc(C(=O)NC2CC3CCCC(C2)N3CC(=O)Nc2ccc(Cl)cc2Cl)c1. The normalized spacial score (nSPS) is 22.8. The van der Waals surface area contributed by atoms with Crippen molar-refractivity contribution in [1.29, 1.82) is 0 Å². The summed E-state index contributed by atoms with van der Waals surface area (Å²) in [5.74, 6) is 0.483. The Morgan fingerprint density at radius 3 is 2.53 bits per heavy atom. The minimum Gasteiger partial charge on any atom is -0.497 e. The Balaban J connectivity index is 1.36. The number of benzene rings is 2. The van der Waals surface area contributed by atoms with E-state index < -0.39 is 0 Å². The van der Waals surface area contributed by atoms with Crippen molar-refractivity contribution in [1.82, 2.24) is 10.2 Å². The first-order valence-electron chi connectivity index (χ1n) is 10.9. The first-order valence-corrected chi connectivity index (χ1v) is 11.6. The summed E-state index contributed by atoms with van der Waals surface area (Å²) in [4.78, 5) is 27.8. The van der Waals surface area contributed by atoms with Crippen molar-refractivity contribution < 1.29 is 14.3 Å². The fourth-order valence-corrected chi connectivity index (χ4v) is 5.29. The van der Waals surface area contributed by atoms with E-state index >= 15 is 0 Å². The number of ether oxygens (including phenoxy) is 1. The molecule has 0 aromatic heterocycles. The topological polar surface area (TPSA) is 70.7 Å². The van der Waals surface area contributed by atoms with Gasteiger partial charge in [-0.1, -0.05) is 35.7 Å². The maximum absolute atomic E-state index is 12.8. The smallest absolute Gasteiger partial charge is 0.251 e. The Morgan fingerprint density at radius 2 is 1.84 bits per heavy atom. The van der Waals surface area contributed by atoms with Gasteiger partial charge in [0.1, 0.15) is 5.75 Å². The fourth-order valence-electron chi connectivity index (χ4n) is 4.83. The van der Waals surface area contributed by atoms with E-state index in [0.29, 0.717) is 33.6 Å². The Hall–Kier alpha value is -2.28. The molecule has 2 aliphatic rings. The second kappa shape index (κ2) is 10.1. The molecular formula is C24H27Cl2N3O3. The van der Waals surface area contributed by atoms with Gasteiger partial charge in [-0.3, -0.25) is 14.5 Å². The summed E-state index contributed by atoms with van der Waals surface area (Å²) in [6, 6.07) is 12.8. The van der Waals surface area contributed by atoms with Crippen LogP contribution in [0.3, 0.4) is 0 Å². The van der Waals surface area contributed by atoms with Crippen LogP contribution in [0, 0.1) is 0 Å². The molecule has 0 radical (unpaired) electrons. The van der Waals surface area contributed by atoms with Gasteiger partial charge in [0.2, 0.25) is 5.91 Å². The molecule has 2 saturated heterocycles. The molecule has 170 valence electrons. The molecule has 32 heavy (non-hydrogen) atoms. The highest BCUT2D eigenvalue weighted by Gasteiger charge is 2.39. The standard InChI is InChI=1S/C24H27Cl2N3O3/c1-32-20-7-2-4-15(10-20)24(31)27-17-12-18-5-3-6-19(13-17)29(18)14-23(30)28-22-9-8-16(25)11-21(22)26/h2,4,7-11,17-19H,3,5-6,12-14H2,1H3,(H,27,31)(H,28,30). The predicted molar refractivity (Wildman–Crippen MR) is 127 cm³/mol. The summed E-state index contributed by atoms with van der Waals surface area (Å²) >= 11 is 12.1. The zero-order chi connectivity index (χ0) is 22.7. The molecule has 2 fully saturated rings. The van der Waals surface area contributed by atoms with Crippen LogP contribution in [0.5, 0.6) is 5.75 Å². The van der Waals surface area contributed by atoms with Gasteiger partial charge < -0.3 is 15.4 Å². The van der Waals surface area contributed by atoms with E-state index in [1.54, 1.807) is 37.4 Å². The highest BCUT2D eigenvalue weighted by Crippen LogP contribution is 2.34. The van der Waals surface area contributed by atoms with E-state index in [-0.39, 0.29) is 29.9 Å². The van der Waals surface area contributed by atoms with Crippen LogP contribution in [0.2, 0.25) is 10.0 Å². The highest BCUT2D eigenvalue weighted by molar-refractivity contribution is 6.36. The molecule has 2 N–H and O–H groups in total. The molecule has 8 heteroatoms. The van der Waals surface area contributed by atoms with E-state index in [1.807, 2.05) is 12.1 Å². The van der Waals surface area contributed by atoms with E-state index in [4.69, 9.17) is 27.9 Å². The number of rotatable bonds is 6. The lowest BCUT2D eigenvalue weighted by Crippen LogP contribution is -2.58. The van der Waals surface area contributed by atoms with Gasteiger partial charge in [-0.05, 0) is 62.1 Å². The van der Waals surface area contributed by atoms with Crippen molar-refractivity contribution in [2.75, 3.05) is 19.0 Å². The minimum atomic E-state index is -0.0926. The van der Waals surface area contributed by atoms with Crippen LogP contribution in [-0.2, 0) is 4.79 Å². The highest BCUT2D eigenvalue weighted by atomic mass is 35.5. The molecule has 2 aliphatic heterocycles. The molecule has 2 aromatic rings. The van der Waals surface area contributed by atoms with Crippen molar-refractivity contribution >= 4 is 40.7 Å². The van der Waals surface area contributed by atoms with Gasteiger partial charge in [0.05, 0.1) is 24.4 Å². The van der Waals surface area contributed by atoms with Crippen LogP contribution in [0.25, 0.3) is 0 Å². The largest absolute Gasteiger partial charge is 0.497 e. The monoisotopic (exact) mass is 475 g/mol. The Labute approximate surface area is 198 Å². The zero-order valence-electron chi connectivity index (χ0n) is 17.9. The number of methoxy groups -OCH3 is 1. The van der Waals surface area contributed by atoms with Gasteiger partial charge in [0, 0.05) is 28.7 Å². The number of hydrogen-bond donors (Lipinski definition) is 2. The van der Waals surface area contributed by atoms with Crippen molar-refractivity contribution in [2.45, 2.75) is 50.2 Å². The number of piperidine rings is 2. The molecule has 2 atom stereocenters. The molecule has 0 spiro atoms. The molecule has 2 amide bonds. The predicted octanol–water partition coefficient (Wildman–Crippen LogP) is 4.76. The molecule has 2 bridgehead atoms. The summed E-state index contributed by atoms with van der Waals surface area (Å²) < 4.78 is 5.22. The third-order valence-corrected chi connectivity index (χ3v) is 6.87. The number of hydrogen-bond acceptors (Lipinski definition) is 4. The number of carbonyl (C=O) groups is 2. The van der Waals surface area contributed by atoms with Crippen LogP contribution >= 0.6 is 23.2 Å². The van der Waals surface area contributed by atoms with Gasteiger partial charge in [-0.2, -0.15) is 0 Å². The summed E-state index contributed by atoms with van der Waals surface area (Å²) in [5, 5.41) is 7.04. The second-order valence-electron chi connectivity index (χ2n) is 8.46. The molecular weight excluding hydrogens is 449 g/mol. The minimum absolute atomic E-state index is 0.0875. The van der Waals surface area contributed by atoms with Crippen molar-refractivity contribution in [3.63, 3.8) is 0 Å². The Morgan fingerprint density at radius 1 is 1.09 bits per heavy atom. The number of amides is 2. The van der Waals surface area contributed by atoms with Gasteiger partial charge >= 0.3 is 0 Å². The maximum Gasteiger partial charge on any atom is 0.251 e. The van der Waals surface area contributed by atoms with Gasteiger partial charge in [-0.25, -0.2) is 0 Å².